The standard InChI is InChI=1S/C21H27N5O2S/c1-15-4-6-16(7-5-15)19-22-23-21(29)26(19)14-18(27)24-12-8-17(9-13-24)20(28)25-10-2-3-11-25/h4-7,17H,2-3,8-14H2,1H3,(H,23,29). The highest BCUT2D eigenvalue weighted by atomic mass is 32.1. The van der Waals surface area contributed by atoms with Crippen molar-refractivity contribution in [3.63, 3.8) is 0 Å². The summed E-state index contributed by atoms with van der Waals surface area (Å²) in [6, 6.07) is 8.00. The molecule has 2 saturated heterocycles. The number of benzene rings is 1. The number of aryl methyl sites for hydroxylation is 1. The summed E-state index contributed by atoms with van der Waals surface area (Å²) in [5, 5.41) is 7.12. The van der Waals surface area contributed by atoms with E-state index in [0.29, 0.717) is 23.7 Å². The molecule has 8 heteroatoms. The molecule has 0 aliphatic carbocycles. The van der Waals surface area contributed by atoms with E-state index in [2.05, 4.69) is 10.2 Å². The van der Waals surface area contributed by atoms with Gasteiger partial charge in [-0.1, -0.05) is 29.8 Å². The van der Waals surface area contributed by atoms with E-state index in [1.165, 1.54) is 0 Å². The van der Waals surface area contributed by atoms with Gasteiger partial charge in [-0.2, -0.15) is 5.10 Å². The van der Waals surface area contributed by atoms with Gasteiger partial charge in [0.15, 0.2) is 10.6 Å². The quantitative estimate of drug-likeness (QED) is 0.782. The zero-order valence-corrected chi connectivity index (χ0v) is 17.6. The minimum atomic E-state index is 0.0166. The van der Waals surface area contributed by atoms with Gasteiger partial charge in [0.2, 0.25) is 11.8 Å². The van der Waals surface area contributed by atoms with Gasteiger partial charge in [0.05, 0.1) is 0 Å². The van der Waals surface area contributed by atoms with E-state index in [0.717, 1.165) is 49.9 Å². The molecule has 0 saturated carbocycles. The van der Waals surface area contributed by atoms with Gasteiger partial charge in [-0.15, -0.1) is 0 Å². The summed E-state index contributed by atoms with van der Waals surface area (Å²) in [7, 11) is 0. The van der Waals surface area contributed by atoms with Crippen molar-refractivity contribution >= 4 is 24.0 Å². The van der Waals surface area contributed by atoms with Crippen molar-refractivity contribution in [2.75, 3.05) is 26.2 Å². The molecule has 0 spiro atoms. The first kappa shape index (κ1) is 19.8. The van der Waals surface area contributed by atoms with Crippen LogP contribution in [0, 0.1) is 17.6 Å². The number of aromatic nitrogens is 3. The van der Waals surface area contributed by atoms with E-state index >= 15 is 0 Å². The Bertz CT molecular complexity index is 935. The topological polar surface area (TPSA) is 74.2 Å². The number of H-pyrrole nitrogens is 1. The number of hydrogen-bond acceptors (Lipinski definition) is 4. The van der Waals surface area contributed by atoms with Crippen LogP contribution < -0.4 is 0 Å². The van der Waals surface area contributed by atoms with Crippen LogP contribution in [0.4, 0.5) is 0 Å². The van der Waals surface area contributed by atoms with Gasteiger partial charge in [0, 0.05) is 37.7 Å². The maximum absolute atomic E-state index is 12.9. The lowest BCUT2D eigenvalue weighted by molar-refractivity contribution is -0.140. The van der Waals surface area contributed by atoms with Crippen LogP contribution in [-0.2, 0) is 16.1 Å². The molecular weight excluding hydrogens is 386 g/mol. The van der Waals surface area contributed by atoms with Gasteiger partial charge in [0.1, 0.15) is 6.54 Å². The van der Waals surface area contributed by atoms with Crippen molar-refractivity contribution in [2.45, 2.75) is 39.2 Å². The zero-order chi connectivity index (χ0) is 20.4. The number of carbonyl (C=O) groups excluding carboxylic acids is 2. The Labute approximate surface area is 175 Å². The Morgan fingerprint density at radius 1 is 1.07 bits per heavy atom. The highest BCUT2D eigenvalue weighted by Gasteiger charge is 2.31. The second-order valence-corrected chi connectivity index (χ2v) is 8.38. The first-order valence-electron chi connectivity index (χ1n) is 10.3. The summed E-state index contributed by atoms with van der Waals surface area (Å²) < 4.78 is 2.19. The Kier molecular flexibility index (Phi) is 5.80. The third-order valence-electron chi connectivity index (χ3n) is 5.98. The lowest BCUT2D eigenvalue weighted by Crippen LogP contribution is -2.44. The number of amides is 2. The Morgan fingerprint density at radius 3 is 2.38 bits per heavy atom. The van der Waals surface area contributed by atoms with Gasteiger partial charge in [-0.25, -0.2) is 0 Å². The molecule has 2 aliphatic heterocycles. The minimum Gasteiger partial charge on any atom is -0.342 e. The molecule has 7 nitrogen and oxygen atoms in total. The molecule has 154 valence electrons. The Hall–Kier alpha value is -2.48. The molecule has 2 aliphatic rings. The van der Waals surface area contributed by atoms with Crippen LogP contribution in [-0.4, -0.2) is 62.6 Å². The third-order valence-corrected chi connectivity index (χ3v) is 6.29. The molecule has 0 radical (unpaired) electrons. The number of nitrogens with one attached hydrogen (secondary N) is 1. The lowest BCUT2D eigenvalue weighted by atomic mass is 9.95. The molecule has 29 heavy (non-hydrogen) atoms. The van der Waals surface area contributed by atoms with Gasteiger partial charge >= 0.3 is 0 Å². The highest BCUT2D eigenvalue weighted by Crippen LogP contribution is 2.23. The smallest absolute Gasteiger partial charge is 0.242 e. The largest absolute Gasteiger partial charge is 0.342 e. The molecule has 0 atom stereocenters. The summed E-state index contributed by atoms with van der Waals surface area (Å²) in [6.45, 7) is 5.20. The second-order valence-electron chi connectivity index (χ2n) is 7.99. The highest BCUT2D eigenvalue weighted by molar-refractivity contribution is 7.71. The van der Waals surface area contributed by atoms with Crippen molar-refractivity contribution in [1.29, 1.82) is 0 Å². The predicted molar refractivity (Wildman–Crippen MR) is 113 cm³/mol. The molecule has 3 heterocycles. The van der Waals surface area contributed by atoms with Gasteiger partial charge < -0.3 is 9.80 Å². The Balaban J connectivity index is 1.39. The number of rotatable bonds is 4. The molecule has 0 unspecified atom stereocenters. The summed E-state index contributed by atoms with van der Waals surface area (Å²) in [5.41, 5.74) is 2.09. The molecular formula is C21H27N5O2S. The van der Waals surface area contributed by atoms with Gasteiger partial charge in [0.25, 0.3) is 0 Å². The summed E-state index contributed by atoms with van der Waals surface area (Å²) in [5.74, 6) is 1.01. The number of piperidine rings is 1. The second kappa shape index (κ2) is 8.49. The zero-order valence-electron chi connectivity index (χ0n) is 16.8. The number of carbonyl (C=O) groups is 2. The van der Waals surface area contributed by atoms with E-state index < -0.39 is 0 Å². The third kappa shape index (κ3) is 4.27. The molecule has 1 N–H and O–H groups in total. The predicted octanol–water partition coefficient (Wildman–Crippen LogP) is 2.78. The SMILES string of the molecule is Cc1ccc(-c2n[nH]c(=S)n2CC(=O)N2CCC(C(=O)N3CCCC3)CC2)cc1. The number of hydrogen-bond donors (Lipinski definition) is 1. The van der Waals surface area contributed by atoms with Crippen LogP contribution >= 0.6 is 12.2 Å². The number of nitrogens with zero attached hydrogens (tertiary/aromatic N) is 4. The van der Waals surface area contributed by atoms with Crippen LogP contribution in [0.25, 0.3) is 11.4 Å². The van der Waals surface area contributed by atoms with Crippen LogP contribution in [0.1, 0.15) is 31.2 Å². The monoisotopic (exact) mass is 413 g/mol. The van der Waals surface area contributed by atoms with E-state index in [-0.39, 0.29) is 24.3 Å². The van der Waals surface area contributed by atoms with Crippen LogP contribution in [0.2, 0.25) is 0 Å². The maximum Gasteiger partial charge on any atom is 0.242 e. The van der Waals surface area contributed by atoms with Crippen molar-refractivity contribution in [2.24, 2.45) is 5.92 Å². The van der Waals surface area contributed by atoms with E-state index in [1.54, 1.807) is 4.57 Å². The lowest BCUT2D eigenvalue weighted by Gasteiger charge is -2.33. The van der Waals surface area contributed by atoms with E-state index in [4.69, 9.17) is 12.2 Å². The molecule has 1 aromatic carbocycles. The van der Waals surface area contributed by atoms with Crippen molar-refractivity contribution in [1.82, 2.24) is 24.6 Å². The summed E-state index contributed by atoms with van der Waals surface area (Å²) in [6.07, 6.45) is 3.70. The van der Waals surface area contributed by atoms with E-state index in [1.807, 2.05) is 41.0 Å². The minimum absolute atomic E-state index is 0.0166. The Morgan fingerprint density at radius 2 is 1.72 bits per heavy atom. The molecule has 2 amide bonds. The first-order chi connectivity index (χ1) is 14.0. The van der Waals surface area contributed by atoms with Gasteiger partial charge in [-0.3, -0.25) is 19.3 Å². The normalized spacial score (nSPS) is 17.7. The molecule has 2 fully saturated rings. The van der Waals surface area contributed by atoms with E-state index in [9.17, 15) is 9.59 Å². The fourth-order valence-corrected chi connectivity index (χ4v) is 4.39. The first-order valence-corrected chi connectivity index (χ1v) is 10.7. The summed E-state index contributed by atoms with van der Waals surface area (Å²) in [4.78, 5) is 29.3. The fourth-order valence-electron chi connectivity index (χ4n) is 4.19. The van der Waals surface area contributed by atoms with Gasteiger partial charge in [-0.05, 0) is 44.8 Å². The van der Waals surface area contributed by atoms with Crippen molar-refractivity contribution in [3.05, 3.63) is 34.6 Å². The fraction of sp³-hybridized carbons (Fsp3) is 0.524. The maximum atomic E-state index is 12.9. The molecule has 0 bridgehead atoms. The number of likely N-dealkylation sites (tertiary alicyclic amines) is 2. The van der Waals surface area contributed by atoms with Crippen LogP contribution in [0.15, 0.2) is 24.3 Å². The molecule has 2 aromatic rings. The van der Waals surface area contributed by atoms with Crippen molar-refractivity contribution in [3.8, 4) is 11.4 Å². The summed E-state index contributed by atoms with van der Waals surface area (Å²) >= 11 is 5.36. The average molecular weight is 414 g/mol. The van der Waals surface area contributed by atoms with Crippen LogP contribution in [0.5, 0.6) is 0 Å². The number of aromatic amines is 1. The average Bonchev–Trinajstić information content (AvgIpc) is 3.39. The van der Waals surface area contributed by atoms with Crippen molar-refractivity contribution < 1.29 is 9.59 Å². The molecule has 1 aromatic heterocycles. The molecule has 4 rings (SSSR count). The van der Waals surface area contributed by atoms with Crippen LogP contribution in [0.3, 0.4) is 0 Å².